The van der Waals surface area contributed by atoms with E-state index >= 15 is 0 Å². The fourth-order valence-corrected chi connectivity index (χ4v) is 3.24. The van der Waals surface area contributed by atoms with Crippen LogP contribution in [0, 0.1) is 17.6 Å². The monoisotopic (exact) mass is 246 g/mol. The van der Waals surface area contributed by atoms with Crippen molar-refractivity contribution in [2.75, 3.05) is 0 Å². The van der Waals surface area contributed by atoms with Gasteiger partial charge in [-0.25, -0.2) is 0 Å². The first-order chi connectivity index (χ1) is 8.22. The van der Waals surface area contributed by atoms with E-state index in [0.717, 1.165) is 10.7 Å². The molecule has 2 nitrogen and oxygen atoms in total. The number of nitrogens with zero attached hydrogens (tertiary/aromatic N) is 1. The maximum Gasteiger partial charge on any atom is 0.178 e. The summed E-state index contributed by atoms with van der Waals surface area (Å²) in [7, 11) is 0. The number of nitrogens with one attached hydrogen (secondary N) is 1. The summed E-state index contributed by atoms with van der Waals surface area (Å²) >= 11 is 5.47. The van der Waals surface area contributed by atoms with Crippen LogP contribution in [0.2, 0.25) is 0 Å². The Hall–Kier alpha value is -1.09. The normalized spacial score (nSPS) is 23.2. The van der Waals surface area contributed by atoms with E-state index in [-0.39, 0.29) is 0 Å². The van der Waals surface area contributed by atoms with Crippen molar-refractivity contribution in [3.8, 4) is 0 Å². The molecule has 0 aliphatic heterocycles. The van der Waals surface area contributed by atoms with E-state index in [1.165, 1.54) is 35.9 Å². The van der Waals surface area contributed by atoms with Crippen LogP contribution >= 0.6 is 12.2 Å². The van der Waals surface area contributed by atoms with Gasteiger partial charge in [-0.1, -0.05) is 25.5 Å². The number of H-pyrrole nitrogens is 1. The molecule has 2 unspecified atom stereocenters. The Morgan fingerprint density at radius 1 is 1.47 bits per heavy atom. The smallest absolute Gasteiger partial charge is 0.178 e. The molecule has 0 saturated heterocycles. The minimum absolute atomic E-state index is 0.636. The first kappa shape index (κ1) is 11.0. The average molecular weight is 246 g/mol. The Morgan fingerprint density at radius 2 is 2.29 bits per heavy atom. The second kappa shape index (κ2) is 3.98. The quantitative estimate of drug-likeness (QED) is 0.798. The minimum atomic E-state index is 0.636. The molecule has 1 heterocycles. The molecule has 1 aliphatic rings. The number of aromatic nitrogens is 2. The fourth-order valence-electron chi connectivity index (χ4n) is 2.90. The van der Waals surface area contributed by atoms with Gasteiger partial charge in [-0.2, -0.15) is 0 Å². The van der Waals surface area contributed by atoms with Crippen LogP contribution in [0.3, 0.4) is 0 Å². The molecular formula is C14H18N2S. The maximum atomic E-state index is 5.47. The van der Waals surface area contributed by atoms with Crippen molar-refractivity contribution >= 4 is 23.3 Å². The summed E-state index contributed by atoms with van der Waals surface area (Å²) in [6.07, 6.45) is 3.89. The summed E-state index contributed by atoms with van der Waals surface area (Å²) in [6, 6.07) is 7.01. The largest absolute Gasteiger partial charge is 0.331 e. The van der Waals surface area contributed by atoms with E-state index in [1.54, 1.807) is 0 Å². The molecule has 3 rings (SSSR count). The van der Waals surface area contributed by atoms with Crippen molar-refractivity contribution in [1.82, 2.24) is 9.55 Å². The highest BCUT2D eigenvalue weighted by Gasteiger charge is 2.38. The second-order valence-corrected chi connectivity index (χ2v) is 5.51. The van der Waals surface area contributed by atoms with E-state index < -0.39 is 0 Å². The SMILES string of the molecule is CCCC1CC1n1c(=S)[nH]c2cccc(C)c21. The molecule has 2 atom stereocenters. The number of para-hydroxylation sites is 1. The molecule has 1 N–H and O–H groups in total. The third kappa shape index (κ3) is 1.73. The second-order valence-electron chi connectivity index (χ2n) is 5.12. The summed E-state index contributed by atoms with van der Waals surface area (Å²) in [5, 5.41) is 0. The van der Waals surface area contributed by atoms with Crippen molar-refractivity contribution in [2.45, 2.75) is 39.2 Å². The van der Waals surface area contributed by atoms with Crippen molar-refractivity contribution < 1.29 is 0 Å². The van der Waals surface area contributed by atoms with E-state index in [0.29, 0.717) is 6.04 Å². The van der Waals surface area contributed by atoms with Crippen LogP contribution in [0.4, 0.5) is 0 Å². The third-order valence-electron chi connectivity index (χ3n) is 3.82. The molecule has 0 bridgehead atoms. The Kier molecular flexibility index (Phi) is 2.58. The molecule has 17 heavy (non-hydrogen) atoms. The van der Waals surface area contributed by atoms with Gasteiger partial charge in [0, 0.05) is 6.04 Å². The van der Waals surface area contributed by atoms with Crippen LogP contribution in [-0.2, 0) is 0 Å². The number of aromatic amines is 1. The molecule has 1 saturated carbocycles. The Balaban J connectivity index is 2.11. The van der Waals surface area contributed by atoms with Crippen LogP contribution < -0.4 is 0 Å². The first-order valence-electron chi connectivity index (χ1n) is 6.42. The average Bonchev–Trinajstić information content (AvgIpc) is 2.94. The molecule has 1 aromatic heterocycles. The highest BCUT2D eigenvalue weighted by molar-refractivity contribution is 7.71. The topological polar surface area (TPSA) is 20.7 Å². The van der Waals surface area contributed by atoms with Gasteiger partial charge in [-0.3, -0.25) is 0 Å². The Bertz CT molecular complexity index is 608. The highest BCUT2D eigenvalue weighted by atomic mass is 32.1. The first-order valence-corrected chi connectivity index (χ1v) is 6.83. The predicted molar refractivity (Wildman–Crippen MR) is 73.9 cm³/mol. The maximum absolute atomic E-state index is 5.47. The lowest BCUT2D eigenvalue weighted by atomic mass is 10.2. The summed E-state index contributed by atoms with van der Waals surface area (Å²) < 4.78 is 3.23. The number of hydrogen-bond donors (Lipinski definition) is 1. The van der Waals surface area contributed by atoms with Gasteiger partial charge in [-0.05, 0) is 49.5 Å². The Morgan fingerprint density at radius 3 is 3.06 bits per heavy atom. The molecule has 3 heteroatoms. The summed E-state index contributed by atoms with van der Waals surface area (Å²) in [6.45, 7) is 4.42. The lowest BCUT2D eigenvalue weighted by molar-refractivity contribution is 0.613. The standard InChI is InChI=1S/C14H18N2S/c1-3-5-10-8-12(10)16-13-9(2)6-4-7-11(13)15-14(16)17/h4,6-7,10,12H,3,5,8H2,1-2H3,(H,15,17). The van der Waals surface area contributed by atoms with Gasteiger partial charge in [0.15, 0.2) is 4.77 Å². The van der Waals surface area contributed by atoms with Gasteiger partial charge in [0.1, 0.15) is 0 Å². The lowest BCUT2D eigenvalue weighted by Gasteiger charge is -2.05. The van der Waals surface area contributed by atoms with Crippen molar-refractivity contribution in [3.05, 3.63) is 28.5 Å². The highest BCUT2D eigenvalue weighted by Crippen LogP contribution is 2.48. The summed E-state index contributed by atoms with van der Waals surface area (Å²) in [4.78, 5) is 3.33. The van der Waals surface area contributed by atoms with Gasteiger partial charge in [0.25, 0.3) is 0 Å². The van der Waals surface area contributed by atoms with Crippen LogP contribution in [0.15, 0.2) is 18.2 Å². The van der Waals surface area contributed by atoms with Crippen molar-refractivity contribution in [3.63, 3.8) is 0 Å². The number of hydrogen-bond acceptors (Lipinski definition) is 1. The number of aryl methyl sites for hydroxylation is 1. The zero-order valence-corrected chi connectivity index (χ0v) is 11.2. The predicted octanol–water partition coefficient (Wildman–Crippen LogP) is 4.37. The fraction of sp³-hybridized carbons (Fsp3) is 0.500. The number of imidazole rings is 1. The molecule has 1 fully saturated rings. The number of fused-ring (bicyclic) bond motifs is 1. The molecule has 0 spiro atoms. The molecule has 90 valence electrons. The lowest BCUT2D eigenvalue weighted by Crippen LogP contribution is -1.97. The minimum Gasteiger partial charge on any atom is -0.331 e. The van der Waals surface area contributed by atoms with Crippen LogP contribution in [0.25, 0.3) is 11.0 Å². The molecule has 0 amide bonds. The number of rotatable bonds is 3. The zero-order valence-electron chi connectivity index (χ0n) is 10.4. The third-order valence-corrected chi connectivity index (χ3v) is 4.11. The van der Waals surface area contributed by atoms with Crippen LogP contribution in [0.5, 0.6) is 0 Å². The van der Waals surface area contributed by atoms with Crippen molar-refractivity contribution in [2.24, 2.45) is 5.92 Å². The Labute approximate surface area is 107 Å². The molecular weight excluding hydrogens is 228 g/mol. The summed E-state index contributed by atoms with van der Waals surface area (Å²) in [5.41, 5.74) is 3.80. The van der Waals surface area contributed by atoms with E-state index in [9.17, 15) is 0 Å². The molecule has 0 radical (unpaired) electrons. The molecule has 1 aliphatic carbocycles. The van der Waals surface area contributed by atoms with E-state index in [4.69, 9.17) is 12.2 Å². The van der Waals surface area contributed by atoms with Crippen LogP contribution in [0.1, 0.15) is 37.8 Å². The van der Waals surface area contributed by atoms with Gasteiger partial charge < -0.3 is 9.55 Å². The zero-order chi connectivity index (χ0) is 12.0. The van der Waals surface area contributed by atoms with Crippen LogP contribution in [-0.4, -0.2) is 9.55 Å². The number of benzene rings is 1. The van der Waals surface area contributed by atoms with E-state index in [2.05, 4.69) is 41.6 Å². The molecule has 2 aromatic rings. The summed E-state index contributed by atoms with van der Waals surface area (Å²) in [5.74, 6) is 0.838. The van der Waals surface area contributed by atoms with E-state index in [1.807, 2.05) is 0 Å². The van der Waals surface area contributed by atoms with Crippen molar-refractivity contribution in [1.29, 1.82) is 0 Å². The van der Waals surface area contributed by atoms with Gasteiger partial charge >= 0.3 is 0 Å². The van der Waals surface area contributed by atoms with Gasteiger partial charge in [-0.15, -0.1) is 0 Å². The van der Waals surface area contributed by atoms with Gasteiger partial charge in [0.05, 0.1) is 11.0 Å². The molecule has 1 aromatic carbocycles. The van der Waals surface area contributed by atoms with Gasteiger partial charge in [0.2, 0.25) is 0 Å².